The lowest BCUT2D eigenvalue weighted by Gasteiger charge is -2.17. The maximum absolute atomic E-state index is 12.4. The summed E-state index contributed by atoms with van der Waals surface area (Å²) in [5, 5.41) is 13.9. The minimum Gasteiger partial charge on any atom is -0.480 e. The van der Waals surface area contributed by atoms with Crippen LogP contribution in [0.4, 0.5) is 4.79 Å². The fourth-order valence-electron chi connectivity index (χ4n) is 4.46. The Balaban J connectivity index is 1.31. The molecule has 0 unspecified atom stereocenters. The first kappa shape index (κ1) is 19.9. The SMILES string of the molecule is O=C(O)CNC(=O)[C@@H]1CC[C@H](NC(=O)OCC2c3ccccc3-c3ccccc32)C1. The zero-order chi connectivity index (χ0) is 21.1. The second-order valence-corrected chi connectivity index (χ2v) is 7.79. The summed E-state index contributed by atoms with van der Waals surface area (Å²) in [7, 11) is 0. The van der Waals surface area contributed by atoms with Crippen LogP contribution in [0.25, 0.3) is 11.1 Å². The third-order valence-electron chi connectivity index (χ3n) is 5.88. The van der Waals surface area contributed by atoms with Crippen molar-refractivity contribution in [3.05, 3.63) is 59.7 Å². The first-order valence-electron chi connectivity index (χ1n) is 10.1. The average Bonchev–Trinajstić information content (AvgIpc) is 3.33. The third-order valence-corrected chi connectivity index (χ3v) is 5.88. The van der Waals surface area contributed by atoms with Gasteiger partial charge in [0.25, 0.3) is 0 Å². The zero-order valence-electron chi connectivity index (χ0n) is 16.5. The molecule has 30 heavy (non-hydrogen) atoms. The van der Waals surface area contributed by atoms with Crippen molar-refractivity contribution in [3.8, 4) is 11.1 Å². The molecule has 7 nitrogen and oxygen atoms in total. The molecule has 2 aromatic carbocycles. The van der Waals surface area contributed by atoms with E-state index in [1.54, 1.807) is 0 Å². The summed E-state index contributed by atoms with van der Waals surface area (Å²) >= 11 is 0. The lowest BCUT2D eigenvalue weighted by Crippen LogP contribution is -2.36. The Morgan fingerprint density at radius 1 is 0.967 bits per heavy atom. The molecule has 0 aliphatic heterocycles. The molecule has 1 saturated carbocycles. The van der Waals surface area contributed by atoms with Gasteiger partial charge in [-0.05, 0) is 41.5 Å². The van der Waals surface area contributed by atoms with E-state index in [0.29, 0.717) is 19.3 Å². The molecule has 2 aromatic rings. The van der Waals surface area contributed by atoms with Crippen molar-refractivity contribution in [2.24, 2.45) is 5.92 Å². The van der Waals surface area contributed by atoms with Gasteiger partial charge in [-0.1, -0.05) is 48.5 Å². The number of ether oxygens (including phenoxy) is 1. The fourth-order valence-corrected chi connectivity index (χ4v) is 4.46. The third kappa shape index (κ3) is 4.15. The molecule has 2 aliphatic carbocycles. The summed E-state index contributed by atoms with van der Waals surface area (Å²) in [6.07, 6.45) is 1.26. The zero-order valence-corrected chi connectivity index (χ0v) is 16.5. The molecule has 0 aromatic heterocycles. The molecule has 156 valence electrons. The van der Waals surface area contributed by atoms with Crippen LogP contribution < -0.4 is 10.6 Å². The van der Waals surface area contributed by atoms with Crippen LogP contribution in [0.15, 0.2) is 48.5 Å². The van der Waals surface area contributed by atoms with Crippen LogP contribution in [0.2, 0.25) is 0 Å². The van der Waals surface area contributed by atoms with Crippen molar-refractivity contribution in [2.75, 3.05) is 13.2 Å². The first-order chi connectivity index (χ1) is 14.5. The van der Waals surface area contributed by atoms with Crippen molar-refractivity contribution in [2.45, 2.75) is 31.2 Å². The molecular weight excluding hydrogens is 384 g/mol. The number of benzene rings is 2. The topological polar surface area (TPSA) is 105 Å². The Morgan fingerprint density at radius 3 is 2.23 bits per heavy atom. The number of carboxylic acids is 1. The van der Waals surface area contributed by atoms with Crippen molar-refractivity contribution in [1.29, 1.82) is 0 Å². The quantitative estimate of drug-likeness (QED) is 0.682. The first-order valence-corrected chi connectivity index (χ1v) is 10.1. The number of carboxylic acid groups (broad SMARTS) is 1. The van der Waals surface area contributed by atoms with Gasteiger partial charge in [0.05, 0.1) is 0 Å². The van der Waals surface area contributed by atoms with Crippen LogP contribution in [0, 0.1) is 5.92 Å². The molecule has 2 amide bonds. The molecule has 0 radical (unpaired) electrons. The van der Waals surface area contributed by atoms with E-state index in [1.165, 1.54) is 11.1 Å². The van der Waals surface area contributed by atoms with Gasteiger partial charge in [-0.3, -0.25) is 9.59 Å². The standard InChI is InChI=1S/C23H24N2O5/c26-21(27)12-24-22(28)14-9-10-15(11-14)25-23(29)30-13-20-18-7-3-1-5-16(18)17-6-2-4-8-19(17)20/h1-8,14-15,20H,9-13H2,(H,24,28)(H,25,29)(H,26,27)/t14-,15+/m1/s1. The van der Waals surface area contributed by atoms with Gasteiger partial charge in [-0.15, -0.1) is 0 Å². The molecule has 0 saturated heterocycles. The molecule has 2 atom stereocenters. The summed E-state index contributed by atoms with van der Waals surface area (Å²) in [6.45, 7) is -0.144. The maximum atomic E-state index is 12.4. The largest absolute Gasteiger partial charge is 0.480 e. The van der Waals surface area contributed by atoms with Crippen molar-refractivity contribution >= 4 is 18.0 Å². The number of fused-ring (bicyclic) bond motifs is 3. The average molecular weight is 408 g/mol. The van der Waals surface area contributed by atoms with Gasteiger partial charge >= 0.3 is 12.1 Å². The Morgan fingerprint density at radius 2 is 1.60 bits per heavy atom. The predicted molar refractivity (Wildman–Crippen MR) is 110 cm³/mol. The number of alkyl carbamates (subject to hydrolysis) is 1. The van der Waals surface area contributed by atoms with Gasteiger partial charge < -0.3 is 20.5 Å². The Kier molecular flexibility index (Phi) is 5.70. The van der Waals surface area contributed by atoms with Crippen LogP contribution in [-0.4, -0.2) is 42.3 Å². The highest BCUT2D eigenvalue weighted by atomic mass is 16.5. The fraction of sp³-hybridized carbons (Fsp3) is 0.348. The molecule has 0 spiro atoms. The molecule has 1 fully saturated rings. The number of carbonyl (C=O) groups excluding carboxylic acids is 2. The highest BCUT2D eigenvalue weighted by Crippen LogP contribution is 2.44. The predicted octanol–water partition coefficient (Wildman–Crippen LogP) is 2.89. The molecule has 7 heteroatoms. The molecule has 3 N–H and O–H groups in total. The van der Waals surface area contributed by atoms with Gasteiger partial charge in [0, 0.05) is 17.9 Å². The van der Waals surface area contributed by atoms with Gasteiger partial charge in [-0.25, -0.2) is 4.79 Å². The Hall–Kier alpha value is -3.35. The van der Waals surface area contributed by atoms with E-state index in [4.69, 9.17) is 9.84 Å². The second kappa shape index (κ2) is 8.57. The van der Waals surface area contributed by atoms with Crippen molar-refractivity contribution in [1.82, 2.24) is 10.6 Å². The van der Waals surface area contributed by atoms with Crippen LogP contribution in [0.5, 0.6) is 0 Å². The van der Waals surface area contributed by atoms with E-state index >= 15 is 0 Å². The van der Waals surface area contributed by atoms with E-state index in [1.807, 2.05) is 24.3 Å². The number of hydrogen-bond donors (Lipinski definition) is 3. The highest BCUT2D eigenvalue weighted by Gasteiger charge is 2.32. The molecule has 4 rings (SSSR count). The Bertz CT molecular complexity index is 928. The minimum atomic E-state index is -1.07. The van der Waals surface area contributed by atoms with Crippen molar-refractivity contribution < 1.29 is 24.2 Å². The van der Waals surface area contributed by atoms with Crippen molar-refractivity contribution in [3.63, 3.8) is 0 Å². The summed E-state index contributed by atoms with van der Waals surface area (Å²) in [5.74, 6) is -1.64. The van der Waals surface area contributed by atoms with E-state index in [-0.39, 0.29) is 36.9 Å². The van der Waals surface area contributed by atoms with E-state index in [2.05, 4.69) is 34.9 Å². The monoisotopic (exact) mass is 408 g/mol. The van der Waals surface area contributed by atoms with Gasteiger partial charge in [0.2, 0.25) is 5.91 Å². The molecule has 0 heterocycles. The molecule has 2 aliphatic rings. The van der Waals surface area contributed by atoms with Gasteiger partial charge in [0.15, 0.2) is 0 Å². The minimum absolute atomic E-state index is 0.00118. The van der Waals surface area contributed by atoms with E-state index in [0.717, 1.165) is 11.1 Å². The maximum Gasteiger partial charge on any atom is 0.407 e. The van der Waals surface area contributed by atoms with Crippen LogP contribution in [0.1, 0.15) is 36.3 Å². The summed E-state index contributed by atoms with van der Waals surface area (Å²) in [6, 6.07) is 16.2. The number of carbonyl (C=O) groups is 3. The Labute approximate surface area is 174 Å². The number of amides is 2. The normalized spacial score (nSPS) is 19.6. The number of hydrogen-bond acceptors (Lipinski definition) is 4. The summed E-state index contributed by atoms with van der Waals surface area (Å²) in [4.78, 5) is 34.9. The summed E-state index contributed by atoms with van der Waals surface area (Å²) in [5.41, 5.74) is 4.66. The van der Waals surface area contributed by atoms with E-state index in [9.17, 15) is 14.4 Å². The smallest absolute Gasteiger partial charge is 0.407 e. The van der Waals surface area contributed by atoms with Crippen LogP contribution in [0.3, 0.4) is 0 Å². The lowest BCUT2D eigenvalue weighted by atomic mass is 9.98. The van der Waals surface area contributed by atoms with Crippen LogP contribution in [-0.2, 0) is 14.3 Å². The second-order valence-electron chi connectivity index (χ2n) is 7.79. The number of aliphatic carboxylic acids is 1. The van der Waals surface area contributed by atoms with Crippen LogP contribution >= 0.6 is 0 Å². The number of nitrogens with one attached hydrogen (secondary N) is 2. The van der Waals surface area contributed by atoms with Gasteiger partial charge in [0.1, 0.15) is 13.2 Å². The summed E-state index contributed by atoms with van der Waals surface area (Å²) < 4.78 is 5.55. The van der Waals surface area contributed by atoms with E-state index < -0.39 is 12.1 Å². The number of rotatable bonds is 6. The lowest BCUT2D eigenvalue weighted by molar-refractivity contribution is -0.138. The molecular formula is C23H24N2O5. The van der Waals surface area contributed by atoms with Gasteiger partial charge in [-0.2, -0.15) is 0 Å². The molecule has 0 bridgehead atoms. The highest BCUT2D eigenvalue weighted by molar-refractivity contribution is 5.83.